The smallest absolute Gasteiger partial charge is 0.253 e. The van der Waals surface area contributed by atoms with E-state index in [2.05, 4.69) is 5.43 Å². The molecule has 0 fully saturated rings. The van der Waals surface area contributed by atoms with Crippen molar-refractivity contribution in [3.63, 3.8) is 0 Å². The summed E-state index contributed by atoms with van der Waals surface area (Å²) >= 11 is 0. The van der Waals surface area contributed by atoms with Crippen molar-refractivity contribution in [1.29, 1.82) is 0 Å². The normalized spacial score (nSPS) is 10.1. The number of aliphatic hydroxyl groups excluding tert-OH is 1. The van der Waals surface area contributed by atoms with Crippen molar-refractivity contribution in [3.8, 4) is 0 Å². The van der Waals surface area contributed by atoms with Gasteiger partial charge in [-0.1, -0.05) is 0 Å². The summed E-state index contributed by atoms with van der Waals surface area (Å²) in [5, 5.41) is 8.88. The second-order valence-electron chi connectivity index (χ2n) is 3.78. The number of hydrogen-bond donors (Lipinski definition) is 3. The summed E-state index contributed by atoms with van der Waals surface area (Å²) < 4.78 is 0. The highest BCUT2D eigenvalue weighted by atomic mass is 16.3. The average molecular weight is 237 g/mol. The number of benzene rings is 1. The molecule has 0 saturated carbocycles. The number of carbonyl (C=O) groups excluding carboxylic acids is 1. The molecule has 0 heterocycles. The van der Waals surface area contributed by atoms with E-state index in [9.17, 15) is 4.79 Å². The van der Waals surface area contributed by atoms with Crippen LogP contribution in [-0.4, -0.2) is 35.6 Å². The minimum Gasteiger partial charge on any atom is -0.395 e. The SMILES string of the molecule is CCN(CCO)C(=O)c1ccc(NN)c(C)c1. The maximum absolute atomic E-state index is 12.1. The lowest BCUT2D eigenvalue weighted by molar-refractivity contribution is 0.0732. The Bertz CT molecular complexity index is 393. The first-order chi connectivity index (χ1) is 8.13. The highest BCUT2D eigenvalue weighted by Gasteiger charge is 2.14. The monoisotopic (exact) mass is 237 g/mol. The Hall–Kier alpha value is -1.59. The van der Waals surface area contributed by atoms with Gasteiger partial charge in [-0.3, -0.25) is 10.6 Å². The fourth-order valence-electron chi connectivity index (χ4n) is 1.67. The summed E-state index contributed by atoms with van der Waals surface area (Å²) in [6.45, 7) is 4.67. The van der Waals surface area contributed by atoms with E-state index in [1.807, 2.05) is 13.8 Å². The zero-order valence-electron chi connectivity index (χ0n) is 10.2. The molecular weight excluding hydrogens is 218 g/mol. The quantitative estimate of drug-likeness (QED) is 0.521. The molecule has 0 unspecified atom stereocenters. The molecule has 0 aromatic heterocycles. The molecular formula is C12H19N3O2. The van der Waals surface area contributed by atoms with Crippen LogP contribution in [0.4, 0.5) is 5.69 Å². The highest BCUT2D eigenvalue weighted by Crippen LogP contribution is 2.16. The van der Waals surface area contributed by atoms with E-state index in [-0.39, 0.29) is 12.5 Å². The Morgan fingerprint density at radius 1 is 1.53 bits per heavy atom. The third kappa shape index (κ3) is 3.18. The van der Waals surface area contributed by atoms with Crippen molar-refractivity contribution >= 4 is 11.6 Å². The van der Waals surface area contributed by atoms with Crippen molar-refractivity contribution in [2.45, 2.75) is 13.8 Å². The lowest BCUT2D eigenvalue weighted by atomic mass is 10.1. The largest absolute Gasteiger partial charge is 0.395 e. The van der Waals surface area contributed by atoms with Crippen LogP contribution in [0.15, 0.2) is 18.2 Å². The number of amides is 1. The third-order valence-corrected chi connectivity index (χ3v) is 2.67. The summed E-state index contributed by atoms with van der Waals surface area (Å²) in [6.07, 6.45) is 0. The van der Waals surface area contributed by atoms with Crippen LogP contribution in [0.3, 0.4) is 0 Å². The van der Waals surface area contributed by atoms with Crippen molar-refractivity contribution < 1.29 is 9.90 Å². The van der Waals surface area contributed by atoms with Crippen LogP contribution in [0, 0.1) is 6.92 Å². The van der Waals surface area contributed by atoms with Crippen LogP contribution < -0.4 is 11.3 Å². The van der Waals surface area contributed by atoms with Crippen LogP contribution >= 0.6 is 0 Å². The minimum absolute atomic E-state index is 0.0268. The van der Waals surface area contributed by atoms with Crippen LogP contribution in [-0.2, 0) is 0 Å². The molecule has 0 radical (unpaired) electrons. The maximum Gasteiger partial charge on any atom is 0.253 e. The summed E-state index contributed by atoms with van der Waals surface area (Å²) in [5.74, 6) is 5.26. The van der Waals surface area contributed by atoms with Crippen molar-refractivity contribution in [3.05, 3.63) is 29.3 Å². The third-order valence-electron chi connectivity index (χ3n) is 2.67. The molecule has 0 spiro atoms. The molecule has 5 heteroatoms. The molecule has 94 valence electrons. The van der Waals surface area contributed by atoms with Gasteiger partial charge in [-0.05, 0) is 37.6 Å². The predicted octanol–water partition coefficient (Wildman–Crippen LogP) is 0.735. The maximum atomic E-state index is 12.1. The zero-order chi connectivity index (χ0) is 12.8. The molecule has 4 N–H and O–H groups in total. The molecule has 0 aliphatic heterocycles. The van der Waals surface area contributed by atoms with E-state index in [4.69, 9.17) is 10.9 Å². The van der Waals surface area contributed by atoms with Gasteiger partial charge in [0.25, 0.3) is 5.91 Å². The van der Waals surface area contributed by atoms with Crippen LogP contribution in [0.5, 0.6) is 0 Å². The lowest BCUT2D eigenvalue weighted by Gasteiger charge is -2.20. The number of hydrogen-bond acceptors (Lipinski definition) is 4. The Balaban J connectivity index is 2.92. The van der Waals surface area contributed by atoms with Crippen molar-refractivity contribution in [2.75, 3.05) is 25.1 Å². The van der Waals surface area contributed by atoms with E-state index in [1.54, 1.807) is 23.1 Å². The molecule has 1 aromatic rings. The number of likely N-dealkylation sites (N-methyl/N-ethyl adjacent to an activating group) is 1. The lowest BCUT2D eigenvalue weighted by Crippen LogP contribution is -2.33. The molecule has 0 saturated heterocycles. The standard InChI is InChI=1S/C12H19N3O2/c1-3-15(6-7-16)12(17)10-4-5-11(14-13)9(2)8-10/h4-5,8,14,16H,3,6-7,13H2,1-2H3. The molecule has 5 nitrogen and oxygen atoms in total. The highest BCUT2D eigenvalue weighted by molar-refractivity contribution is 5.94. The fourth-order valence-corrected chi connectivity index (χ4v) is 1.67. The molecule has 1 amide bonds. The molecule has 1 rings (SSSR count). The number of nitrogens with zero attached hydrogens (tertiary/aromatic N) is 1. The summed E-state index contributed by atoms with van der Waals surface area (Å²) in [4.78, 5) is 13.7. The summed E-state index contributed by atoms with van der Waals surface area (Å²) in [5.41, 5.74) is 4.89. The Kier molecular flexibility index (Phi) is 4.93. The van der Waals surface area contributed by atoms with Gasteiger partial charge in [0.15, 0.2) is 0 Å². The van der Waals surface area contributed by atoms with Crippen molar-refractivity contribution in [2.24, 2.45) is 5.84 Å². The summed E-state index contributed by atoms with van der Waals surface area (Å²) in [6, 6.07) is 5.29. The topological polar surface area (TPSA) is 78.6 Å². The Labute approximate surface area is 101 Å². The second-order valence-corrected chi connectivity index (χ2v) is 3.78. The fraction of sp³-hybridized carbons (Fsp3) is 0.417. The van der Waals surface area contributed by atoms with Gasteiger partial charge in [0, 0.05) is 18.7 Å². The van der Waals surface area contributed by atoms with Crippen LogP contribution in [0.1, 0.15) is 22.8 Å². The summed E-state index contributed by atoms with van der Waals surface area (Å²) in [7, 11) is 0. The number of nitrogens with two attached hydrogens (primary N) is 1. The number of rotatable bonds is 5. The van der Waals surface area contributed by atoms with Crippen molar-refractivity contribution in [1.82, 2.24) is 4.90 Å². The van der Waals surface area contributed by atoms with Crippen LogP contribution in [0.2, 0.25) is 0 Å². The molecule has 0 bridgehead atoms. The first kappa shape index (κ1) is 13.5. The van der Waals surface area contributed by atoms with Gasteiger partial charge in [-0.15, -0.1) is 0 Å². The Morgan fingerprint density at radius 2 is 2.24 bits per heavy atom. The van der Waals surface area contributed by atoms with Gasteiger partial charge in [-0.25, -0.2) is 0 Å². The second kappa shape index (κ2) is 6.22. The zero-order valence-corrected chi connectivity index (χ0v) is 10.2. The Morgan fingerprint density at radius 3 is 2.71 bits per heavy atom. The van der Waals surface area contributed by atoms with E-state index >= 15 is 0 Å². The molecule has 0 aliphatic carbocycles. The number of carbonyl (C=O) groups is 1. The van der Waals surface area contributed by atoms with Gasteiger partial charge in [0.05, 0.1) is 12.3 Å². The van der Waals surface area contributed by atoms with Gasteiger partial charge in [0.1, 0.15) is 0 Å². The number of anilines is 1. The average Bonchev–Trinajstić information content (AvgIpc) is 2.35. The van der Waals surface area contributed by atoms with Crippen LogP contribution in [0.25, 0.3) is 0 Å². The molecule has 0 atom stereocenters. The van der Waals surface area contributed by atoms with Gasteiger partial charge in [0.2, 0.25) is 0 Å². The van der Waals surface area contributed by atoms with Gasteiger partial charge in [-0.2, -0.15) is 0 Å². The predicted molar refractivity (Wildman–Crippen MR) is 67.7 cm³/mol. The molecule has 17 heavy (non-hydrogen) atoms. The number of aryl methyl sites for hydroxylation is 1. The van der Waals surface area contributed by atoms with Gasteiger partial charge < -0.3 is 15.4 Å². The first-order valence-electron chi connectivity index (χ1n) is 5.61. The van der Waals surface area contributed by atoms with E-state index in [0.29, 0.717) is 18.7 Å². The van der Waals surface area contributed by atoms with E-state index in [1.165, 1.54) is 0 Å². The number of nitrogens with one attached hydrogen (secondary N) is 1. The molecule has 0 aliphatic rings. The number of hydrazine groups is 1. The number of nitrogen functional groups attached to an aromatic ring is 1. The van der Waals surface area contributed by atoms with Gasteiger partial charge >= 0.3 is 0 Å². The van der Waals surface area contributed by atoms with E-state index < -0.39 is 0 Å². The molecule has 1 aromatic carbocycles. The number of aliphatic hydroxyl groups is 1. The minimum atomic E-state index is -0.0757. The van der Waals surface area contributed by atoms with E-state index in [0.717, 1.165) is 11.3 Å². The first-order valence-corrected chi connectivity index (χ1v) is 5.61.